The van der Waals surface area contributed by atoms with E-state index in [4.69, 9.17) is 0 Å². The van der Waals surface area contributed by atoms with Crippen LogP contribution in [0.15, 0.2) is 94.7 Å². The van der Waals surface area contributed by atoms with Gasteiger partial charge in [-0.05, 0) is 59.8 Å². The Morgan fingerprint density at radius 3 is 2.43 bits per heavy atom. The summed E-state index contributed by atoms with van der Waals surface area (Å²) in [5, 5.41) is 9.74. The van der Waals surface area contributed by atoms with Crippen molar-refractivity contribution in [2.75, 3.05) is 4.90 Å². The standard InChI is InChI=1S/C26H17BN2S/c1-17-14-23-25-24(15-17)30-26-18(16-28)8-7-12-21(26)27(25)20-11-5-6-13-22(20)29(23)19-9-3-2-4-10-19/h2-15H,1H3. The summed E-state index contributed by atoms with van der Waals surface area (Å²) < 4.78 is 0. The van der Waals surface area contributed by atoms with E-state index < -0.39 is 0 Å². The van der Waals surface area contributed by atoms with E-state index >= 15 is 0 Å². The Bertz CT molecular complexity index is 1360. The molecule has 4 aromatic rings. The molecular formula is C26H17BN2S. The zero-order valence-electron chi connectivity index (χ0n) is 16.5. The quantitative estimate of drug-likeness (QED) is 0.377. The number of fused-ring (bicyclic) bond motifs is 4. The first-order chi connectivity index (χ1) is 14.8. The van der Waals surface area contributed by atoms with Crippen molar-refractivity contribution in [3.05, 3.63) is 96.1 Å². The van der Waals surface area contributed by atoms with Gasteiger partial charge in [-0.25, -0.2) is 0 Å². The maximum atomic E-state index is 9.74. The second-order valence-electron chi connectivity index (χ2n) is 7.80. The summed E-state index contributed by atoms with van der Waals surface area (Å²) in [4.78, 5) is 4.73. The molecule has 0 radical (unpaired) electrons. The lowest BCUT2D eigenvalue weighted by molar-refractivity contribution is 1.25. The number of nitrogens with zero attached hydrogens (tertiary/aromatic N) is 2. The van der Waals surface area contributed by atoms with Crippen LogP contribution in [0.2, 0.25) is 0 Å². The number of aryl methyl sites for hydroxylation is 1. The topological polar surface area (TPSA) is 27.0 Å². The molecule has 0 saturated carbocycles. The van der Waals surface area contributed by atoms with Crippen molar-refractivity contribution >= 4 is 51.9 Å². The summed E-state index contributed by atoms with van der Waals surface area (Å²) in [6.07, 6.45) is 0. The van der Waals surface area contributed by atoms with E-state index in [1.54, 1.807) is 11.8 Å². The third kappa shape index (κ3) is 2.39. The molecule has 30 heavy (non-hydrogen) atoms. The molecule has 0 saturated heterocycles. The third-order valence-corrected chi connectivity index (χ3v) is 7.20. The molecule has 0 aliphatic carbocycles. The first-order valence-electron chi connectivity index (χ1n) is 10.1. The van der Waals surface area contributed by atoms with Gasteiger partial charge in [0.2, 0.25) is 6.71 Å². The molecule has 0 atom stereocenters. The number of hydrogen-bond acceptors (Lipinski definition) is 3. The Kier molecular flexibility index (Phi) is 3.81. The van der Waals surface area contributed by atoms with Crippen molar-refractivity contribution < 1.29 is 0 Å². The van der Waals surface area contributed by atoms with E-state index in [1.165, 1.54) is 38.2 Å². The highest BCUT2D eigenvalue weighted by molar-refractivity contribution is 8.00. The number of rotatable bonds is 1. The molecule has 4 aromatic carbocycles. The molecule has 0 spiro atoms. The highest BCUT2D eigenvalue weighted by Crippen LogP contribution is 2.42. The number of para-hydroxylation sites is 2. The van der Waals surface area contributed by atoms with E-state index in [0.29, 0.717) is 0 Å². The maximum absolute atomic E-state index is 9.74. The minimum atomic E-state index is 0.135. The van der Waals surface area contributed by atoms with Crippen molar-refractivity contribution in [2.45, 2.75) is 16.7 Å². The van der Waals surface area contributed by atoms with E-state index in [-0.39, 0.29) is 6.71 Å². The van der Waals surface area contributed by atoms with Crippen LogP contribution in [-0.2, 0) is 0 Å². The fourth-order valence-electron chi connectivity index (χ4n) is 4.80. The molecule has 0 amide bonds. The second kappa shape index (κ2) is 6.55. The number of anilines is 3. The van der Waals surface area contributed by atoms with Gasteiger partial charge in [0.05, 0.1) is 5.56 Å². The van der Waals surface area contributed by atoms with Crippen molar-refractivity contribution in [1.82, 2.24) is 0 Å². The average molecular weight is 400 g/mol. The molecule has 2 aliphatic heterocycles. The second-order valence-corrected chi connectivity index (χ2v) is 8.85. The minimum absolute atomic E-state index is 0.135. The SMILES string of the molecule is Cc1cc2c3c(c1)N(c1ccccc1)c1ccccc1B3c1cccc(C#N)c1S2. The van der Waals surface area contributed by atoms with Gasteiger partial charge in [-0.3, -0.25) is 0 Å². The normalized spacial score (nSPS) is 13.2. The zero-order chi connectivity index (χ0) is 20.2. The number of nitriles is 1. The molecular weight excluding hydrogens is 383 g/mol. The molecule has 0 aromatic heterocycles. The van der Waals surface area contributed by atoms with E-state index in [2.05, 4.69) is 90.7 Å². The Morgan fingerprint density at radius 2 is 1.60 bits per heavy atom. The van der Waals surface area contributed by atoms with Crippen LogP contribution >= 0.6 is 11.8 Å². The smallest absolute Gasteiger partial charge is 0.249 e. The first-order valence-corrected chi connectivity index (χ1v) is 10.9. The monoisotopic (exact) mass is 400 g/mol. The molecule has 4 heteroatoms. The summed E-state index contributed by atoms with van der Waals surface area (Å²) in [6, 6.07) is 32.4. The fourth-order valence-corrected chi connectivity index (χ4v) is 6.12. The largest absolute Gasteiger partial charge is 0.311 e. The summed E-state index contributed by atoms with van der Waals surface area (Å²) in [5.41, 5.74) is 9.46. The van der Waals surface area contributed by atoms with Gasteiger partial charge in [-0.15, -0.1) is 0 Å². The summed E-state index contributed by atoms with van der Waals surface area (Å²) in [5.74, 6) is 0. The zero-order valence-corrected chi connectivity index (χ0v) is 17.3. The van der Waals surface area contributed by atoms with Crippen molar-refractivity contribution in [3.8, 4) is 6.07 Å². The molecule has 2 heterocycles. The molecule has 0 unspecified atom stereocenters. The summed E-state index contributed by atoms with van der Waals surface area (Å²) >= 11 is 1.74. The lowest BCUT2D eigenvalue weighted by atomic mass is 9.34. The van der Waals surface area contributed by atoms with Gasteiger partial charge in [0.15, 0.2) is 0 Å². The van der Waals surface area contributed by atoms with Crippen LogP contribution in [-0.4, -0.2) is 6.71 Å². The Morgan fingerprint density at radius 1 is 0.833 bits per heavy atom. The number of benzene rings is 4. The van der Waals surface area contributed by atoms with Crippen LogP contribution in [0, 0.1) is 18.3 Å². The Hall–Kier alpha value is -3.42. The van der Waals surface area contributed by atoms with Crippen LogP contribution in [0.5, 0.6) is 0 Å². The highest BCUT2D eigenvalue weighted by atomic mass is 32.2. The van der Waals surface area contributed by atoms with E-state index in [0.717, 1.165) is 16.1 Å². The average Bonchev–Trinajstić information content (AvgIpc) is 2.78. The first kappa shape index (κ1) is 17.4. The molecule has 0 fully saturated rings. The lowest BCUT2D eigenvalue weighted by Gasteiger charge is -2.40. The van der Waals surface area contributed by atoms with E-state index in [1.807, 2.05) is 12.1 Å². The minimum Gasteiger partial charge on any atom is -0.311 e. The van der Waals surface area contributed by atoms with Gasteiger partial charge in [0.1, 0.15) is 6.07 Å². The number of hydrogen-bond donors (Lipinski definition) is 0. The van der Waals surface area contributed by atoms with Crippen LogP contribution in [0.1, 0.15) is 11.1 Å². The van der Waals surface area contributed by atoms with Crippen LogP contribution < -0.4 is 21.3 Å². The van der Waals surface area contributed by atoms with Gasteiger partial charge in [-0.2, -0.15) is 5.26 Å². The van der Waals surface area contributed by atoms with Gasteiger partial charge in [0, 0.05) is 26.9 Å². The highest BCUT2D eigenvalue weighted by Gasteiger charge is 2.41. The lowest BCUT2D eigenvalue weighted by Crippen LogP contribution is -2.60. The Balaban J connectivity index is 1.72. The fraction of sp³-hybridized carbons (Fsp3) is 0.0385. The van der Waals surface area contributed by atoms with Crippen molar-refractivity contribution in [2.24, 2.45) is 0 Å². The van der Waals surface area contributed by atoms with Gasteiger partial charge >= 0.3 is 0 Å². The molecule has 0 bridgehead atoms. The third-order valence-electron chi connectivity index (χ3n) is 5.99. The Labute approximate surface area is 180 Å². The molecule has 0 N–H and O–H groups in total. The van der Waals surface area contributed by atoms with E-state index in [9.17, 15) is 5.26 Å². The predicted octanol–water partition coefficient (Wildman–Crippen LogP) is 4.63. The van der Waals surface area contributed by atoms with Gasteiger partial charge in [0.25, 0.3) is 0 Å². The molecule has 2 nitrogen and oxygen atoms in total. The van der Waals surface area contributed by atoms with Gasteiger partial charge < -0.3 is 4.90 Å². The summed E-state index contributed by atoms with van der Waals surface area (Å²) in [6.45, 7) is 2.29. The molecule has 140 valence electrons. The molecule has 6 rings (SSSR count). The maximum Gasteiger partial charge on any atom is 0.249 e. The summed E-state index contributed by atoms with van der Waals surface area (Å²) in [7, 11) is 0. The van der Waals surface area contributed by atoms with Crippen molar-refractivity contribution in [3.63, 3.8) is 0 Å². The van der Waals surface area contributed by atoms with Crippen LogP contribution in [0.3, 0.4) is 0 Å². The predicted molar refractivity (Wildman–Crippen MR) is 126 cm³/mol. The van der Waals surface area contributed by atoms with Crippen LogP contribution in [0.4, 0.5) is 17.1 Å². The van der Waals surface area contributed by atoms with Crippen LogP contribution in [0.25, 0.3) is 0 Å². The molecule has 2 aliphatic rings. The van der Waals surface area contributed by atoms with Crippen molar-refractivity contribution in [1.29, 1.82) is 5.26 Å². The van der Waals surface area contributed by atoms with Gasteiger partial charge in [-0.1, -0.05) is 65.8 Å².